The molecule has 8 atom stereocenters. The van der Waals surface area contributed by atoms with Crippen LogP contribution in [-0.2, 0) is 23.9 Å². The summed E-state index contributed by atoms with van der Waals surface area (Å²) >= 11 is 0. The maximum Gasteiger partial charge on any atom is 0.331 e. The van der Waals surface area contributed by atoms with E-state index in [0.717, 1.165) is 0 Å². The molecule has 4 N–H and O–H groups in total. The van der Waals surface area contributed by atoms with Crippen molar-refractivity contribution in [1.29, 1.82) is 0 Å². The topological polar surface area (TPSA) is 158 Å². The Kier molecular flexibility index (Phi) is 5.94. The van der Waals surface area contributed by atoms with Crippen molar-refractivity contribution in [3.05, 3.63) is 36.0 Å². The van der Waals surface area contributed by atoms with Gasteiger partial charge in [-0.1, -0.05) is 18.6 Å². The van der Waals surface area contributed by atoms with Crippen LogP contribution < -0.4 is 0 Å². The van der Waals surface area contributed by atoms with Gasteiger partial charge in [0.05, 0.1) is 6.10 Å². The Bertz CT molecular complexity index is 1080. The SMILES string of the molecule is C[C@]12C=CC(=O)C=C1CC[C@H]1[C@@H]3C[C@@H](O)[C@](O)(C(=O)CO)[C@@]3(C)C[C@H](OC(=O)/C=C/C(=O)O)[C@@]12F. The maximum atomic E-state index is 17.6. The van der Waals surface area contributed by atoms with Crippen molar-refractivity contribution in [2.24, 2.45) is 22.7 Å². The van der Waals surface area contributed by atoms with E-state index in [4.69, 9.17) is 9.84 Å². The third-order valence-corrected chi connectivity index (χ3v) is 9.03. The van der Waals surface area contributed by atoms with Crippen molar-refractivity contribution in [1.82, 2.24) is 0 Å². The second kappa shape index (κ2) is 8.18. The van der Waals surface area contributed by atoms with Crippen molar-refractivity contribution >= 4 is 23.5 Å². The highest BCUT2D eigenvalue weighted by molar-refractivity contribution is 6.01. The molecule has 0 unspecified atom stereocenters. The van der Waals surface area contributed by atoms with Gasteiger partial charge in [-0.3, -0.25) is 9.59 Å². The molecule has 0 aromatic heterocycles. The molecule has 0 radical (unpaired) electrons. The van der Waals surface area contributed by atoms with E-state index >= 15 is 4.39 Å². The number of alkyl halides is 1. The first-order chi connectivity index (χ1) is 16.3. The summed E-state index contributed by atoms with van der Waals surface area (Å²) in [5.41, 5.74) is -6.99. The lowest BCUT2D eigenvalue weighted by atomic mass is 9.44. The first-order valence-corrected chi connectivity index (χ1v) is 11.5. The van der Waals surface area contributed by atoms with Crippen LogP contribution in [0.25, 0.3) is 0 Å². The molecule has 190 valence electrons. The van der Waals surface area contributed by atoms with Gasteiger partial charge >= 0.3 is 11.9 Å². The summed E-state index contributed by atoms with van der Waals surface area (Å²) in [7, 11) is 0. The number of aliphatic hydroxyl groups excluding tert-OH is 2. The van der Waals surface area contributed by atoms with E-state index < -0.39 is 70.5 Å². The molecule has 4 aliphatic carbocycles. The molecule has 9 nitrogen and oxygen atoms in total. The molecule has 0 aromatic carbocycles. The Morgan fingerprint density at radius 2 is 1.91 bits per heavy atom. The van der Waals surface area contributed by atoms with Crippen molar-refractivity contribution in [2.75, 3.05) is 6.61 Å². The van der Waals surface area contributed by atoms with Crippen molar-refractivity contribution < 1.29 is 48.7 Å². The summed E-state index contributed by atoms with van der Waals surface area (Å²) in [6.45, 7) is 2.08. The summed E-state index contributed by atoms with van der Waals surface area (Å²) < 4.78 is 23.1. The zero-order chi connectivity index (χ0) is 26.0. The zero-order valence-corrected chi connectivity index (χ0v) is 19.4. The van der Waals surface area contributed by atoms with E-state index in [1.807, 2.05) is 0 Å². The minimum atomic E-state index is -2.40. The zero-order valence-electron chi connectivity index (χ0n) is 19.4. The van der Waals surface area contributed by atoms with Crippen molar-refractivity contribution in [2.45, 2.75) is 63.0 Å². The number of esters is 1. The number of carbonyl (C=O) groups excluding carboxylic acids is 3. The Morgan fingerprint density at radius 1 is 1.23 bits per heavy atom. The van der Waals surface area contributed by atoms with Gasteiger partial charge in [-0.2, -0.15) is 0 Å². The van der Waals surface area contributed by atoms with Gasteiger partial charge in [0.15, 0.2) is 22.8 Å². The smallest absolute Gasteiger partial charge is 0.331 e. The van der Waals surface area contributed by atoms with E-state index in [1.165, 1.54) is 25.2 Å². The number of carboxylic acids is 1. The number of carbonyl (C=O) groups is 4. The van der Waals surface area contributed by atoms with Gasteiger partial charge < -0.3 is 25.2 Å². The Balaban J connectivity index is 1.86. The molecule has 4 rings (SSSR count). The van der Waals surface area contributed by atoms with Gasteiger partial charge in [-0.15, -0.1) is 0 Å². The summed E-state index contributed by atoms with van der Waals surface area (Å²) in [6, 6.07) is 0. The number of fused-ring (bicyclic) bond motifs is 5. The molecular weight excluding hydrogens is 463 g/mol. The summed E-state index contributed by atoms with van der Waals surface area (Å²) in [6.07, 6.45) is 2.19. The Labute approximate surface area is 201 Å². The van der Waals surface area contributed by atoms with Gasteiger partial charge in [-0.05, 0) is 50.7 Å². The van der Waals surface area contributed by atoms with Crippen LogP contribution in [0.4, 0.5) is 4.39 Å². The average Bonchev–Trinajstić information content (AvgIpc) is 3.00. The second-order valence-corrected chi connectivity index (χ2v) is 10.4. The number of ether oxygens (including phenoxy) is 1. The summed E-state index contributed by atoms with van der Waals surface area (Å²) in [5.74, 6) is -5.44. The average molecular weight is 492 g/mol. The lowest BCUT2D eigenvalue weighted by Gasteiger charge is -2.62. The first kappa shape index (κ1) is 25.4. The van der Waals surface area contributed by atoms with E-state index in [0.29, 0.717) is 24.1 Å². The fourth-order valence-electron chi connectivity index (χ4n) is 7.26. The van der Waals surface area contributed by atoms with Crippen LogP contribution >= 0.6 is 0 Å². The first-order valence-electron chi connectivity index (χ1n) is 11.5. The Hall–Kier alpha value is -2.69. The van der Waals surface area contributed by atoms with Crippen molar-refractivity contribution in [3.8, 4) is 0 Å². The number of rotatable bonds is 5. The molecule has 0 spiro atoms. The third kappa shape index (κ3) is 3.30. The maximum absolute atomic E-state index is 17.6. The molecule has 3 saturated carbocycles. The van der Waals surface area contributed by atoms with Gasteiger partial charge in [-0.25, -0.2) is 14.0 Å². The lowest BCUT2D eigenvalue weighted by molar-refractivity contribution is -0.230. The van der Waals surface area contributed by atoms with E-state index in [-0.39, 0.29) is 25.0 Å². The van der Waals surface area contributed by atoms with Crippen LogP contribution in [0.3, 0.4) is 0 Å². The molecule has 4 aliphatic rings. The van der Waals surface area contributed by atoms with Gasteiger partial charge in [0.25, 0.3) is 0 Å². The number of hydrogen-bond acceptors (Lipinski definition) is 8. The minimum absolute atomic E-state index is 0.105. The van der Waals surface area contributed by atoms with Crippen LogP contribution in [0.15, 0.2) is 36.0 Å². The predicted octanol–water partition coefficient (Wildman–Crippen LogP) is 0.812. The number of hydrogen-bond donors (Lipinski definition) is 4. The van der Waals surface area contributed by atoms with Gasteiger partial charge in [0.2, 0.25) is 0 Å². The van der Waals surface area contributed by atoms with Crippen LogP contribution in [0.2, 0.25) is 0 Å². The number of ketones is 2. The molecule has 10 heteroatoms. The normalized spacial score (nSPS) is 44.3. The second-order valence-electron chi connectivity index (χ2n) is 10.4. The van der Waals surface area contributed by atoms with Crippen LogP contribution in [0.5, 0.6) is 0 Å². The molecule has 0 aromatic rings. The fourth-order valence-corrected chi connectivity index (χ4v) is 7.26. The number of aliphatic carboxylic acids is 1. The van der Waals surface area contributed by atoms with Crippen LogP contribution in [-0.4, -0.2) is 74.0 Å². The predicted molar refractivity (Wildman–Crippen MR) is 117 cm³/mol. The summed E-state index contributed by atoms with van der Waals surface area (Å²) in [4.78, 5) is 48.1. The number of carboxylic acid groups (broad SMARTS) is 1. The molecule has 0 bridgehead atoms. The summed E-state index contributed by atoms with van der Waals surface area (Å²) in [5, 5.41) is 40.6. The van der Waals surface area contributed by atoms with Crippen LogP contribution in [0.1, 0.15) is 39.5 Å². The van der Waals surface area contributed by atoms with Crippen molar-refractivity contribution in [3.63, 3.8) is 0 Å². The molecule has 0 heterocycles. The molecule has 0 amide bonds. The van der Waals surface area contributed by atoms with E-state index in [1.54, 1.807) is 6.92 Å². The Morgan fingerprint density at radius 3 is 2.54 bits per heavy atom. The largest absolute Gasteiger partial charge is 0.478 e. The highest BCUT2D eigenvalue weighted by Gasteiger charge is 2.77. The molecule has 3 fully saturated rings. The fraction of sp³-hybridized carbons (Fsp3) is 0.600. The van der Waals surface area contributed by atoms with E-state index in [2.05, 4.69) is 0 Å². The minimum Gasteiger partial charge on any atom is -0.478 e. The molecule has 0 aliphatic heterocycles. The van der Waals surface area contributed by atoms with Crippen LogP contribution in [0, 0.1) is 22.7 Å². The van der Waals surface area contributed by atoms with Gasteiger partial charge in [0, 0.05) is 28.9 Å². The third-order valence-electron chi connectivity index (χ3n) is 9.03. The standard InChI is InChI=1S/C25H29FO9/c1-22-8-7-14(28)9-13(22)3-4-15-16-10-17(29)25(34,18(30)12-27)23(16,2)11-19(24(15,22)26)35-21(33)6-5-20(31)32/h5-9,15-17,19,27,29,34H,3-4,10-12H2,1-2H3,(H,31,32)/b6-5+/t15-,16-,17+,19-,22-,23-,24-,25-/m0/s1. The van der Waals surface area contributed by atoms with Gasteiger partial charge in [0.1, 0.15) is 12.7 Å². The molecular formula is C25H29FO9. The molecule has 0 saturated heterocycles. The number of Topliss-reactive ketones (excluding diaryl/α,β-unsaturated/α-hetero) is 1. The number of allylic oxidation sites excluding steroid dienone is 4. The van der Waals surface area contributed by atoms with E-state index in [9.17, 15) is 34.5 Å². The number of aliphatic hydroxyl groups is 3. The lowest BCUT2D eigenvalue weighted by Crippen LogP contribution is -2.70. The number of halogens is 1. The highest BCUT2D eigenvalue weighted by atomic mass is 19.1. The monoisotopic (exact) mass is 492 g/mol. The highest BCUT2D eigenvalue weighted by Crippen LogP contribution is 2.70. The molecule has 35 heavy (non-hydrogen) atoms. The quantitative estimate of drug-likeness (QED) is 0.322.